The van der Waals surface area contributed by atoms with Gasteiger partial charge in [0.25, 0.3) is 0 Å². The van der Waals surface area contributed by atoms with Crippen molar-refractivity contribution in [2.24, 2.45) is 4.99 Å². The molecular formula is C23H20Cl2N2O3. The van der Waals surface area contributed by atoms with Crippen molar-refractivity contribution in [3.05, 3.63) is 93.5 Å². The molecule has 0 aromatic heterocycles. The Morgan fingerprint density at radius 3 is 1.90 bits per heavy atom. The third kappa shape index (κ3) is 5.89. The Morgan fingerprint density at radius 1 is 0.800 bits per heavy atom. The smallest absolute Gasteiger partial charge is 0.198 e. The molecule has 0 amide bonds. The molecule has 1 aliphatic heterocycles. The van der Waals surface area contributed by atoms with Crippen molar-refractivity contribution in [2.75, 3.05) is 6.67 Å². The molecule has 30 heavy (non-hydrogen) atoms. The first-order chi connectivity index (χ1) is 14.6. The molecule has 3 aromatic rings. The molecule has 0 fully saturated rings. The SMILES string of the molecule is Clc1cccc(COc2cc(CN3CN=CO3)cc(OCc3cccc(Cl)c3)c2)c1. The van der Waals surface area contributed by atoms with Crippen LogP contribution in [0.5, 0.6) is 11.5 Å². The molecule has 0 radical (unpaired) electrons. The van der Waals surface area contributed by atoms with Gasteiger partial charge in [0.2, 0.25) is 0 Å². The Kier molecular flexibility index (Phi) is 6.74. The van der Waals surface area contributed by atoms with Crippen LogP contribution in [0.2, 0.25) is 10.0 Å². The second-order valence-electron chi connectivity index (χ2n) is 6.82. The molecule has 5 nitrogen and oxygen atoms in total. The van der Waals surface area contributed by atoms with Crippen molar-refractivity contribution < 1.29 is 14.3 Å². The molecule has 0 saturated carbocycles. The van der Waals surface area contributed by atoms with E-state index in [1.807, 2.05) is 66.7 Å². The second-order valence-corrected chi connectivity index (χ2v) is 7.70. The van der Waals surface area contributed by atoms with Gasteiger partial charge in [-0.1, -0.05) is 47.5 Å². The van der Waals surface area contributed by atoms with E-state index in [-0.39, 0.29) is 0 Å². The van der Waals surface area contributed by atoms with Gasteiger partial charge in [-0.15, -0.1) is 5.06 Å². The average molecular weight is 443 g/mol. The van der Waals surface area contributed by atoms with Crippen LogP contribution in [-0.4, -0.2) is 18.1 Å². The lowest BCUT2D eigenvalue weighted by molar-refractivity contribution is -0.0519. The van der Waals surface area contributed by atoms with Crippen LogP contribution in [0.15, 0.2) is 71.7 Å². The Balaban J connectivity index is 1.49. The van der Waals surface area contributed by atoms with Gasteiger partial charge in [-0.25, -0.2) is 4.99 Å². The fourth-order valence-corrected chi connectivity index (χ4v) is 3.45. The van der Waals surface area contributed by atoms with Gasteiger partial charge in [-0.2, -0.15) is 0 Å². The Morgan fingerprint density at radius 2 is 1.40 bits per heavy atom. The molecule has 7 heteroatoms. The van der Waals surface area contributed by atoms with Gasteiger partial charge in [0.15, 0.2) is 6.40 Å². The molecular weight excluding hydrogens is 423 g/mol. The number of benzene rings is 3. The predicted molar refractivity (Wildman–Crippen MR) is 118 cm³/mol. The van der Waals surface area contributed by atoms with Crippen molar-refractivity contribution in [3.8, 4) is 11.5 Å². The first kappa shape index (κ1) is 20.5. The normalized spacial score (nSPS) is 13.3. The van der Waals surface area contributed by atoms with Crippen molar-refractivity contribution in [2.45, 2.75) is 19.8 Å². The molecule has 1 heterocycles. The summed E-state index contributed by atoms with van der Waals surface area (Å²) in [7, 11) is 0. The van der Waals surface area contributed by atoms with Crippen LogP contribution in [0.25, 0.3) is 0 Å². The van der Waals surface area contributed by atoms with Gasteiger partial charge >= 0.3 is 0 Å². The number of halogens is 2. The number of hydroxylamine groups is 2. The largest absolute Gasteiger partial charge is 0.489 e. The van der Waals surface area contributed by atoms with E-state index in [1.165, 1.54) is 6.40 Å². The summed E-state index contributed by atoms with van der Waals surface area (Å²) < 4.78 is 12.0. The van der Waals surface area contributed by atoms with Crippen LogP contribution >= 0.6 is 23.2 Å². The van der Waals surface area contributed by atoms with Gasteiger partial charge < -0.3 is 14.3 Å². The van der Waals surface area contributed by atoms with E-state index in [1.54, 1.807) is 5.06 Å². The second kappa shape index (κ2) is 9.85. The van der Waals surface area contributed by atoms with Crippen molar-refractivity contribution in [1.29, 1.82) is 0 Å². The molecule has 1 aliphatic rings. The third-order valence-corrected chi connectivity index (χ3v) is 4.87. The van der Waals surface area contributed by atoms with E-state index in [0.29, 0.717) is 48.0 Å². The van der Waals surface area contributed by atoms with Gasteiger partial charge in [0.05, 0.1) is 6.54 Å². The number of aliphatic imine (C=N–C) groups is 1. The van der Waals surface area contributed by atoms with E-state index in [0.717, 1.165) is 16.7 Å². The van der Waals surface area contributed by atoms with Crippen molar-refractivity contribution in [1.82, 2.24) is 5.06 Å². The Labute approximate surface area is 185 Å². The van der Waals surface area contributed by atoms with E-state index in [9.17, 15) is 0 Å². The standard InChI is InChI=1S/C23H20Cl2N2O3/c24-20-5-1-3-17(7-20)13-28-22-9-19(12-27-15-26-16-30-27)10-23(11-22)29-14-18-4-2-6-21(25)8-18/h1-11,16H,12-15H2. The number of ether oxygens (including phenoxy) is 2. The molecule has 154 valence electrons. The van der Waals surface area contributed by atoms with Crippen LogP contribution in [0, 0.1) is 0 Å². The fraction of sp³-hybridized carbons (Fsp3) is 0.174. The predicted octanol–water partition coefficient (Wildman–Crippen LogP) is 5.88. The molecule has 0 bridgehead atoms. The van der Waals surface area contributed by atoms with Gasteiger partial charge in [0, 0.05) is 16.1 Å². The minimum Gasteiger partial charge on any atom is -0.489 e. The first-order valence-corrected chi connectivity index (χ1v) is 10.2. The first-order valence-electron chi connectivity index (χ1n) is 9.42. The number of hydrogen-bond acceptors (Lipinski definition) is 5. The van der Waals surface area contributed by atoms with Gasteiger partial charge in [-0.3, -0.25) is 0 Å². The summed E-state index contributed by atoms with van der Waals surface area (Å²) in [5.74, 6) is 1.40. The highest BCUT2D eigenvalue weighted by atomic mass is 35.5. The van der Waals surface area contributed by atoms with Crippen LogP contribution in [0.1, 0.15) is 16.7 Å². The quantitative estimate of drug-likeness (QED) is 0.436. The summed E-state index contributed by atoms with van der Waals surface area (Å²) in [6, 6.07) is 21.0. The van der Waals surface area contributed by atoms with Crippen LogP contribution in [0.4, 0.5) is 0 Å². The van der Waals surface area contributed by atoms with Gasteiger partial charge in [-0.05, 0) is 53.1 Å². The summed E-state index contributed by atoms with van der Waals surface area (Å²) in [5.41, 5.74) is 2.97. The van der Waals surface area contributed by atoms with E-state index >= 15 is 0 Å². The van der Waals surface area contributed by atoms with E-state index in [4.69, 9.17) is 37.5 Å². The zero-order chi connectivity index (χ0) is 20.8. The summed E-state index contributed by atoms with van der Waals surface area (Å²) in [5, 5.41) is 3.11. The summed E-state index contributed by atoms with van der Waals surface area (Å²) >= 11 is 12.1. The Hall–Kier alpha value is -2.73. The van der Waals surface area contributed by atoms with Gasteiger partial charge in [0.1, 0.15) is 31.4 Å². The number of hydrogen-bond donors (Lipinski definition) is 0. The van der Waals surface area contributed by atoms with Crippen molar-refractivity contribution in [3.63, 3.8) is 0 Å². The average Bonchev–Trinajstić information content (AvgIpc) is 3.24. The van der Waals surface area contributed by atoms with Crippen LogP contribution in [0.3, 0.4) is 0 Å². The van der Waals surface area contributed by atoms with Crippen molar-refractivity contribution >= 4 is 29.6 Å². The topological polar surface area (TPSA) is 43.3 Å². The summed E-state index contributed by atoms with van der Waals surface area (Å²) in [6.45, 7) is 1.86. The summed E-state index contributed by atoms with van der Waals surface area (Å²) in [6.07, 6.45) is 1.44. The highest BCUT2D eigenvalue weighted by molar-refractivity contribution is 6.30. The van der Waals surface area contributed by atoms with Crippen LogP contribution in [-0.2, 0) is 24.6 Å². The number of nitrogens with zero attached hydrogens (tertiary/aromatic N) is 2. The molecule has 0 saturated heterocycles. The lowest BCUT2D eigenvalue weighted by atomic mass is 10.2. The molecule has 0 atom stereocenters. The maximum absolute atomic E-state index is 6.07. The van der Waals surface area contributed by atoms with E-state index in [2.05, 4.69) is 4.99 Å². The maximum atomic E-state index is 6.07. The summed E-state index contributed by atoms with van der Waals surface area (Å²) in [4.78, 5) is 9.42. The third-order valence-electron chi connectivity index (χ3n) is 4.40. The molecule has 0 spiro atoms. The zero-order valence-electron chi connectivity index (χ0n) is 16.1. The molecule has 3 aromatic carbocycles. The minimum atomic E-state index is 0.404. The molecule has 0 unspecified atom stereocenters. The fourth-order valence-electron chi connectivity index (χ4n) is 3.02. The zero-order valence-corrected chi connectivity index (χ0v) is 17.6. The monoisotopic (exact) mass is 442 g/mol. The van der Waals surface area contributed by atoms with E-state index < -0.39 is 0 Å². The maximum Gasteiger partial charge on any atom is 0.198 e. The lowest BCUT2D eigenvalue weighted by Crippen LogP contribution is -2.18. The highest BCUT2D eigenvalue weighted by Gasteiger charge is 2.12. The number of rotatable bonds is 8. The minimum absolute atomic E-state index is 0.404. The molecule has 0 aliphatic carbocycles. The van der Waals surface area contributed by atoms with Crippen LogP contribution < -0.4 is 9.47 Å². The Bertz CT molecular complexity index is 967. The lowest BCUT2D eigenvalue weighted by Gasteiger charge is -2.16. The molecule has 4 rings (SSSR count). The highest BCUT2D eigenvalue weighted by Crippen LogP contribution is 2.26. The molecule has 0 N–H and O–H groups in total.